The highest BCUT2D eigenvalue weighted by atomic mass is 16.3. The standard InChI is InChI=1S/C23H36N2O3/c26-18-24-21-17-13-16-20(22(21)27)23(28)25-19-14-11-9-7-5-3-1-2-4-6-8-10-12-15-19/h13,16-19,27H,1-12,14-15H2,(H,24,26)(H,25,28). The maximum atomic E-state index is 12.7. The lowest BCUT2D eigenvalue weighted by atomic mass is 10.00. The van der Waals surface area contributed by atoms with Crippen LogP contribution < -0.4 is 10.6 Å². The number of carbonyl (C=O) groups is 2. The van der Waals surface area contributed by atoms with Crippen LogP contribution in [0.15, 0.2) is 18.2 Å². The highest BCUT2D eigenvalue weighted by molar-refractivity contribution is 5.99. The Kier molecular flexibility index (Phi) is 10.5. The Labute approximate surface area is 169 Å². The molecule has 0 atom stereocenters. The van der Waals surface area contributed by atoms with Gasteiger partial charge in [-0.15, -0.1) is 0 Å². The molecule has 5 nitrogen and oxygen atoms in total. The molecule has 1 fully saturated rings. The molecule has 2 amide bonds. The molecule has 28 heavy (non-hydrogen) atoms. The fourth-order valence-corrected chi connectivity index (χ4v) is 4.01. The third-order valence-electron chi connectivity index (χ3n) is 5.69. The monoisotopic (exact) mass is 388 g/mol. The lowest BCUT2D eigenvalue weighted by Gasteiger charge is -2.19. The van der Waals surface area contributed by atoms with Gasteiger partial charge in [-0.25, -0.2) is 0 Å². The number of nitrogens with one attached hydrogen (secondary N) is 2. The van der Waals surface area contributed by atoms with E-state index in [9.17, 15) is 14.7 Å². The summed E-state index contributed by atoms with van der Waals surface area (Å²) in [4.78, 5) is 23.4. The van der Waals surface area contributed by atoms with Crippen LogP contribution in [0, 0.1) is 0 Å². The second-order valence-electron chi connectivity index (χ2n) is 7.95. The van der Waals surface area contributed by atoms with Crippen LogP contribution in [0.4, 0.5) is 5.69 Å². The van der Waals surface area contributed by atoms with Crippen molar-refractivity contribution >= 4 is 18.0 Å². The number of rotatable bonds is 4. The Morgan fingerprint density at radius 3 is 1.86 bits per heavy atom. The van der Waals surface area contributed by atoms with Crippen molar-refractivity contribution in [2.45, 2.75) is 95.9 Å². The largest absolute Gasteiger partial charge is 0.505 e. The van der Waals surface area contributed by atoms with Gasteiger partial charge in [0.05, 0.1) is 11.3 Å². The summed E-state index contributed by atoms with van der Waals surface area (Å²) in [7, 11) is 0. The van der Waals surface area contributed by atoms with Crippen LogP contribution in [-0.4, -0.2) is 23.5 Å². The van der Waals surface area contributed by atoms with E-state index in [1.807, 2.05) is 0 Å². The first-order chi connectivity index (χ1) is 13.7. The molecular formula is C23H36N2O3. The molecule has 1 aliphatic rings. The van der Waals surface area contributed by atoms with Crippen LogP contribution in [0.25, 0.3) is 0 Å². The van der Waals surface area contributed by atoms with Gasteiger partial charge in [0.25, 0.3) is 5.91 Å². The molecule has 5 heteroatoms. The highest BCUT2D eigenvalue weighted by Crippen LogP contribution is 2.27. The van der Waals surface area contributed by atoms with Crippen LogP contribution in [0.5, 0.6) is 5.75 Å². The van der Waals surface area contributed by atoms with Gasteiger partial charge in [-0.3, -0.25) is 9.59 Å². The molecule has 0 heterocycles. The highest BCUT2D eigenvalue weighted by Gasteiger charge is 2.18. The summed E-state index contributed by atoms with van der Waals surface area (Å²) < 4.78 is 0. The van der Waals surface area contributed by atoms with E-state index in [-0.39, 0.29) is 28.9 Å². The molecule has 1 aromatic rings. The average Bonchev–Trinajstić information content (AvgIpc) is 2.70. The van der Waals surface area contributed by atoms with Gasteiger partial charge in [0.2, 0.25) is 6.41 Å². The topological polar surface area (TPSA) is 78.4 Å². The van der Waals surface area contributed by atoms with E-state index in [1.54, 1.807) is 18.2 Å². The van der Waals surface area contributed by atoms with Crippen LogP contribution in [-0.2, 0) is 4.79 Å². The Bertz CT molecular complexity index is 588. The molecule has 0 unspecified atom stereocenters. The predicted molar refractivity (Wildman–Crippen MR) is 114 cm³/mol. The Balaban J connectivity index is 1.94. The summed E-state index contributed by atoms with van der Waals surface area (Å²) in [6, 6.07) is 4.97. The fraction of sp³-hybridized carbons (Fsp3) is 0.652. The molecule has 2 rings (SSSR count). The summed E-state index contributed by atoms with van der Waals surface area (Å²) in [6.07, 6.45) is 17.8. The first-order valence-electron chi connectivity index (χ1n) is 11.1. The zero-order chi connectivity index (χ0) is 20.0. The van der Waals surface area contributed by atoms with Gasteiger partial charge in [-0.05, 0) is 25.0 Å². The van der Waals surface area contributed by atoms with E-state index in [1.165, 1.54) is 64.2 Å². The maximum Gasteiger partial charge on any atom is 0.255 e. The van der Waals surface area contributed by atoms with Crippen molar-refractivity contribution in [2.75, 3.05) is 5.32 Å². The molecule has 0 aromatic heterocycles. The van der Waals surface area contributed by atoms with Gasteiger partial charge in [0.15, 0.2) is 5.75 Å². The quantitative estimate of drug-likeness (QED) is 0.468. The van der Waals surface area contributed by atoms with Crippen LogP contribution >= 0.6 is 0 Å². The molecule has 0 saturated heterocycles. The summed E-state index contributed by atoms with van der Waals surface area (Å²) in [5.74, 6) is -0.445. The van der Waals surface area contributed by atoms with Gasteiger partial charge in [-0.1, -0.05) is 83.1 Å². The summed E-state index contributed by atoms with van der Waals surface area (Å²) in [5.41, 5.74) is 0.465. The average molecular weight is 389 g/mol. The van der Waals surface area contributed by atoms with Crippen molar-refractivity contribution in [1.82, 2.24) is 5.32 Å². The van der Waals surface area contributed by atoms with E-state index in [2.05, 4.69) is 10.6 Å². The third kappa shape index (κ3) is 7.91. The molecule has 156 valence electrons. The van der Waals surface area contributed by atoms with Gasteiger partial charge in [-0.2, -0.15) is 0 Å². The van der Waals surface area contributed by atoms with Gasteiger partial charge < -0.3 is 15.7 Å². The normalized spacial score (nSPS) is 18.4. The Morgan fingerprint density at radius 1 is 0.857 bits per heavy atom. The SMILES string of the molecule is O=CNc1cccc(C(=O)NC2CCCCCCCCCCCCCC2)c1O. The van der Waals surface area contributed by atoms with Crippen molar-refractivity contribution in [3.63, 3.8) is 0 Å². The number of benzene rings is 1. The zero-order valence-electron chi connectivity index (χ0n) is 17.0. The predicted octanol–water partition coefficient (Wildman–Crippen LogP) is 5.53. The summed E-state index contributed by atoms with van der Waals surface area (Å²) in [5, 5.41) is 15.8. The van der Waals surface area contributed by atoms with E-state index in [4.69, 9.17) is 0 Å². The molecule has 0 bridgehead atoms. The van der Waals surface area contributed by atoms with Crippen molar-refractivity contribution < 1.29 is 14.7 Å². The van der Waals surface area contributed by atoms with Crippen molar-refractivity contribution in [3.05, 3.63) is 23.8 Å². The second kappa shape index (κ2) is 13.2. The molecule has 0 radical (unpaired) electrons. The Morgan fingerprint density at radius 2 is 1.36 bits per heavy atom. The smallest absolute Gasteiger partial charge is 0.255 e. The van der Waals surface area contributed by atoms with Crippen LogP contribution in [0.1, 0.15) is 100 Å². The van der Waals surface area contributed by atoms with E-state index in [0.717, 1.165) is 25.7 Å². The lowest BCUT2D eigenvalue weighted by Crippen LogP contribution is -2.35. The first-order valence-corrected chi connectivity index (χ1v) is 11.1. The second-order valence-corrected chi connectivity index (χ2v) is 7.95. The third-order valence-corrected chi connectivity index (χ3v) is 5.69. The minimum atomic E-state index is -0.269. The molecular weight excluding hydrogens is 352 g/mol. The van der Waals surface area contributed by atoms with Crippen molar-refractivity contribution in [2.24, 2.45) is 0 Å². The maximum absolute atomic E-state index is 12.7. The number of aromatic hydroxyl groups is 1. The fourth-order valence-electron chi connectivity index (χ4n) is 4.01. The molecule has 1 saturated carbocycles. The van der Waals surface area contributed by atoms with Gasteiger partial charge in [0, 0.05) is 6.04 Å². The minimum Gasteiger partial charge on any atom is -0.505 e. The molecule has 0 spiro atoms. The number of hydrogen-bond donors (Lipinski definition) is 3. The number of anilines is 1. The lowest BCUT2D eigenvalue weighted by molar-refractivity contribution is -0.105. The van der Waals surface area contributed by atoms with E-state index in [0.29, 0.717) is 6.41 Å². The number of carbonyl (C=O) groups excluding carboxylic acids is 2. The van der Waals surface area contributed by atoms with Crippen LogP contribution in [0.2, 0.25) is 0 Å². The summed E-state index contributed by atoms with van der Waals surface area (Å²) >= 11 is 0. The zero-order valence-corrected chi connectivity index (χ0v) is 17.0. The first kappa shape index (κ1) is 22.3. The number of para-hydroxylation sites is 1. The Hall–Kier alpha value is -2.04. The molecule has 0 aliphatic heterocycles. The van der Waals surface area contributed by atoms with E-state index >= 15 is 0 Å². The molecule has 1 aromatic carbocycles. The minimum absolute atomic E-state index is 0.139. The summed E-state index contributed by atoms with van der Waals surface area (Å²) in [6.45, 7) is 0. The number of phenols is 1. The number of amides is 2. The van der Waals surface area contributed by atoms with Crippen molar-refractivity contribution in [1.29, 1.82) is 0 Å². The van der Waals surface area contributed by atoms with Crippen molar-refractivity contribution in [3.8, 4) is 5.75 Å². The number of hydrogen-bond acceptors (Lipinski definition) is 3. The van der Waals surface area contributed by atoms with Gasteiger partial charge in [0.1, 0.15) is 0 Å². The number of phenolic OH excluding ortho intramolecular Hbond substituents is 1. The van der Waals surface area contributed by atoms with Crippen LogP contribution in [0.3, 0.4) is 0 Å². The molecule has 3 N–H and O–H groups in total. The molecule has 1 aliphatic carbocycles. The van der Waals surface area contributed by atoms with E-state index < -0.39 is 0 Å². The van der Waals surface area contributed by atoms with Gasteiger partial charge >= 0.3 is 0 Å².